The predicted molar refractivity (Wildman–Crippen MR) is 108 cm³/mol. The molecule has 0 radical (unpaired) electrons. The Hall–Kier alpha value is -2.52. The van der Waals surface area contributed by atoms with Crippen molar-refractivity contribution in [2.45, 2.75) is 43.7 Å². The van der Waals surface area contributed by atoms with Crippen LogP contribution in [0.15, 0.2) is 53.4 Å². The Balaban J connectivity index is 1.59. The normalized spacial score (nSPS) is 15.6. The molecule has 6 nitrogen and oxygen atoms in total. The molecular weight excluding hydrogens is 414 g/mol. The summed E-state index contributed by atoms with van der Waals surface area (Å²) in [7, 11) is -3.56. The first-order valence-electron chi connectivity index (χ1n) is 9.78. The van der Waals surface area contributed by atoms with Crippen molar-refractivity contribution in [3.05, 3.63) is 59.7 Å². The lowest BCUT2D eigenvalue weighted by atomic mass is 10.2. The van der Waals surface area contributed by atoms with Crippen molar-refractivity contribution in [2.75, 3.05) is 13.1 Å². The van der Waals surface area contributed by atoms with Crippen LogP contribution in [-0.4, -0.2) is 38.3 Å². The SMILES string of the molecule is O=C(NCc1ccc(OC(F)F)cc1)c1ccc(S(=O)(=O)N2CCCCCC2)cc1. The number of sulfonamides is 1. The van der Waals surface area contributed by atoms with E-state index < -0.39 is 16.6 Å². The average molecular weight is 438 g/mol. The quantitative estimate of drug-likeness (QED) is 0.714. The van der Waals surface area contributed by atoms with Gasteiger partial charge in [0.25, 0.3) is 5.91 Å². The summed E-state index contributed by atoms with van der Waals surface area (Å²) >= 11 is 0. The molecule has 1 aliphatic rings. The smallest absolute Gasteiger partial charge is 0.387 e. The Morgan fingerprint density at radius 3 is 2.13 bits per heavy atom. The maximum atomic E-state index is 12.8. The van der Waals surface area contributed by atoms with Gasteiger partial charge in [-0.25, -0.2) is 8.42 Å². The minimum absolute atomic E-state index is 0.0429. The second-order valence-corrected chi connectivity index (χ2v) is 8.99. The fraction of sp³-hybridized carbons (Fsp3) is 0.381. The molecule has 0 unspecified atom stereocenters. The summed E-state index contributed by atoms with van der Waals surface area (Å²) in [6.07, 6.45) is 3.78. The minimum Gasteiger partial charge on any atom is -0.435 e. The van der Waals surface area contributed by atoms with Gasteiger partial charge in [0.1, 0.15) is 5.75 Å². The van der Waals surface area contributed by atoms with E-state index in [1.165, 1.54) is 40.7 Å². The van der Waals surface area contributed by atoms with Gasteiger partial charge in [-0.1, -0.05) is 25.0 Å². The van der Waals surface area contributed by atoms with Gasteiger partial charge in [-0.05, 0) is 54.8 Å². The first-order valence-corrected chi connectivity index (χ1v) is 11.2. The summed E-state index contributed by atoms with van der Waals surface area (Å²) in [5.74, 6) is -0.317. The van der Waals surface area contributed by atoms with Gasteiger partial charge < -0.3 is 10.1 Å². The number of nitrogens with zero attached hydrogens (tertiary/aromatic N) is 1. The number of alkyl halides is 2. The molecule has 1 fully saturated rings. The van der Waals surface area contributed by atoms with Crippen molar-refractivity contribution in [3.63, 3.8) is 0 Å². The highest BCUT2D eigenvalue weighted by atomic mass is 32.2. The number of ether oxygens (including phenoxy) is 1. The summed E-state index contributed by atoms with van der Waals surface area (Å²) in [6, 6.07) is 11.8. The van der Waals surface area contributed by atoms with Crippen molar-refractivity contribution in [3.8, 4) is 5.75 Å². The molecule has 2 aromatic rings. The molecular formula is C21H24F2N2O4S. The lowest BCUT2D eigenvalue weighted by Gasteiger charge is -2.20. The molecule has 1 heterocycles. The second-order valence-electron chi connectivity index (χ2n) is 7.05. The van der Waals surface area contributed by atoms with Crippen LogP contribution >= 0.6 is 0 Å². The standard InChI is InChI=1S/C21H24F2N2O4S/c22-21(23)29-18-9-5-16(6-10-18)15-24-20(26)17-7-11-19(12-8-17)30(27,28)25-13-3-1-2-4-14-25/h5-12,21H,1-4,13-15H2,(H,24,26). The van der Waals surface area contributed by atoms with Crippen LogP contribution in [-0.2, 0) is 16.6 Å². The van der Waals surface area contributed by atoms with Crippen LogP contribution in [0.25, 0.3) is 0 Å². The number of hydrogen-bond donors (Lipinski definition) is 1. The fourth-order valence-electron chi connectivity index (χ4n) is 3.28. The maximum Gasteiger partial charge on any atom is 0.387 e. The van der Waals surface area contributed by atoms with E-state index in [9.17, 15) is 22.0 Å². The Labute approximate surface area is 174 Å². The molecule has 0 atom stereocenters. The second kappa shape index (κ2) is 9.99. The third-order valence-corrected chi connectivity index (χ3v) is 6.83. The molecule has 30 heavy (non-hydrogen) atoms. The summed E-state index contributed by atoms with van der Waals surface area (Å²) in [6.45, 7) is -1.65. The number of halogens is 2. The highest BCUT2D eigenvalue weighted by molar-refractivity contribution is 7.89. The van der Waals surface area contributed by atoms with Crippen LogP contribution in [0.2, 0.25) is 0 Å². The van der Waals surface area contributed by atoms with Gasteiger partial charge in [0.05, 0.1) is 4.90 Å². The van der Waals surface area contributed by atoms with Gasteiger partial charge in [0.15, 0.2) is 0 Å². The number of nitrogens with one attached hydrogen (secondary N) is 1. The van der Waals surface area contributed by atoms with Crippen molar-refractivity contribution >= 4 is 15.9 Å². The molecule has 0 saturated carbocycles. The molecule has 3 rings (SSSR count). The third-order valence-electron chi connectivity index (χ3n) is 4.92. The summed E-state index contributed by atoms with van der Waals surface area (Å²) < 4.78 is 55.7. The van der Waals surface area contributed by atoms with E-state index in [1.54, 1.807) is 12.1 Å². The van der Waals surface area contributed by atoms with Crippen molar-refractivity contribution < 1.29 is 26.7 Å². The van der Waals surface area contributed by atoms with Crippen molar-refractivity contribution in [1.29, 1.82) is 0 Å². The molecule has 9 heteroatoms. The molecule has 0 aliphatic carbocycles. The Morgan fingerprint density at radius 2 is 1.57 bits per heavy atom. The lowest BCUT2D eigenvalue weighted by Crippen LogP contribution is -2.32. The molecule has 162 valence electrons. The Morgan fingerprint density at radius 1 is 0.967 bits per heavy atom. The van der Waals surface area contributed by atoms with E-state index >= 15 is 0 Å². The van der Waals surface area contributed by atoms with E-state index in [0.29, 0.717) is 24.2 Å². The van der Waals surface area contributed by atoms with E-state index in [2.05, 4.69) is 10.1 Å². The van der Waals surface area contributed by atoms with Gasteiger partial charge in [0.2, 0.25) is 10.0 Å². The molecule has 1 saturated heterocycles. The zero-order chi connectivity index (χ0) is 21.6. The molecule has 0 bridgehead atoms. The van der Waals surface area contributed by atoms with E-state index in [0.717, 1.165) is 25.7 Å². The third kappa shape index (κ3) is 5.76. The number of benzene rings is 2. The monoisotopic (exact) mass is 438 g/mol. The van der Waals surface area contributed by atoms with Crippen LogP contribution < -0.4 is 10.1 Å². The van der Waals surface area contributed by atoms with Gasteiger partial charge in [-0.3, -0.25) is 4.79 Å². The molecule has 0 spiro atoms. The van der Waals surface area contributed by atoms with Crippen LogP contribution in [0.5, 0.6) is 5.75 Å². The number of hydrogen-bond acceptors (Lipinski definition) is 4. The fourth-order valence-corrected chi connectivity index (χ4v) is 4.80. The minimum atomic E-state index is -3.56. The number of carbonyl (C=O) groups is 1. The predicted octanol–water partition coefficient (Wildman–Crippen LogP) is 3.78. The van der Waals surface area contributed by atoms with Crippen molar-refractivity contribution in [2.24, 2.45) is 0 Å². The molecule has 1 amide bonds. The van der Waals surface area contributed by atoms with E-state index in [-0.39, 0.29) is 23.1 Å². The van der Waals surface area contributed by atoms with Gasteiger partial charge in [-0.15, -0.1) is 0 Å². The van der Waals surface area contributed by atoms with Crippen LogP contribution in [0.1, 0.15) is 41.6 Å². The molecule has 1 aliphatic heterocycles. The summed E-state index contributed by atoms with van der Waals surface area (Å²) in [4.78, 5) is 12.5. The molecule has 1 N–H and O–H groups in total. The largest absolute Gasteiger partial charge is 0.435 e. The van der Waals surface area contributed by atoms with Crippen molar-refractivity contribution in [1.82, 2.24) is 9.62 Å². The Kier molecular flexibility index (Phi) is 7.38. The van der Waals surface area contributed by atoms with Crippen LogP contribution in [0, 0.1) is 0 Å². The van der Waals surface area contributed by atoms with E-state index in [4.69, 9.17) is 0 Å². The zero-order valence-corrected chi connectivity index (χ0v) is 17.2. The number of rotatable bonds is 7. The van der Waals surface area contributed by atoms with Crippen LogP contribution in [0.3, 0.4) is 0 Å². The maximum absolute atomic E-state index is 12.8. The highest BCUT2D eigenvalue weighted by Crippen LogP contribution is 2.21. The van der Waals surface area contributed by atoms with Gasteiger partial charge >= 0.3 is 6.61 Å². The number of amides is 1. The zero-order valence-electron chi connectivity index (χ0n) is 16.4. The van der Waals surface area contributed by atoms with Gasteiger partial charge in [-0.2, -0.15) is 13.1 Å². The first kappa shape index (κ1) is 22.2. The highest BCUT2D eigenvalue weighted by Gasteiger charge is 2.25. The topological polar surface area (TPSA) is 75.7 Å². The summed E-state index contributed by atoms with van der Waals surface area (Å²) in [5.41, 5.74) is 1.05. The molecule has 2 aromatic carbocycles. The average Bonchev–Trinajstić information content (AvgIpc) is 3.03. The van der Waals surface area contributed by atoms with Gasteiger partial charge in [0, 0.05) is 25.2 Å². The molecule has 0 aromatic heterocycles. The van der Waals surface area contributed by atoms with Crippen LogP contribution in [0.4, 0.5) is 8.78 Å². The number of carbonyl (C=O) groups excluding carboxylic acids is 1. The Bertz CT molecular complexity index is 940. The lowest BCUT2D eigenvalue weighted by molar-refractivity contribution is -0.0498. The first-order chi connectivity index (χ1) is 14.4. The van der Waals surface area contributed by atoms with E-state index in [1.807, 2.05) is 0 Å². The summed E-state index contributed by atoms with van der Waals surface area (Å²) in [5, 5.41) is 2.72.